The van der Waals surface area contributed by atoms with Crippen LogP contribution in [0.1, 0.15) is 49.6 Å². The molecule has 1 saturated carbocycles. The summed E-state index contributed by atoms with van der Waals surface area (Å²) in [4.78, 5) is 17.4. The Hall–Kier alpha value is -3.93. The Balaban J connectivity index is 1.43. The second-order valence-electron chi connectivity index (χ2n) is 10.3. The molecule has 12 heteroatoms. The van der Waals surface area contributed by atoms with E-state index in [1.165, 1.54) is 30.6 Å². The molecule has 9 nitrogen and oxygen atoms in total. The van der Waals surface area contributed by atoms with Gasteiger partial charge in [-0.25, -0.2) is 37.1 Å². The molecular formula is C26H23F2N7O2S. The summed E-state index contributed by atoms with van der Waals surface area (Å²) in [6.07, 6.45) is 7.23. The second-order valence-corrected chi connectivity index (χ2v) is 12.0. The smallest absolute Gasteiger partial charge is 0.236 e. The molecule has 194 valence electrons. The fourth-order valence-electron chi connectivity index (χ4n) is 6.15. The summed E-state index contributed by atoms with van der Waals surface area (Å²) >= 11 is 0. The van der Waals surface area contributed by atoms with E-state index in [1.807, 2.05) is 6.07 Å². The first-order valence-electron chi connectivity index (χ1n) is 12.0. The number of fused-ring (bicyclic) bond motifs is 5. The summed E-state index contributed by atoms with van der Waals surface area (Å²) in [5.41, 5.74) is 2.05. The molecule has 3 aromatic heterocycles. The Kier molecular flexibility index (Phi) is 5.32. The maximum atomic E-state index is 14.5. The van der Waals surface area contributed by atoms with E-state index >= 15 is 0 Å². The van der Waals surface area contributed by atoms with Gasteiger partial charge >= 0.3 is 0 Å². The van der Waals surface area contributed by atoms with Crippen molar-refractivity contribution in [1.82, 2.24) is 30.1 Å². The van der Waals surface area contributed by atoms with Gasteiger partial charge in [0.1, 0.15) is 11.6 Å². The molecule has 2 atom stereocenters. The van der Waals surface area contributed by atoms with Crippen LogP contribution in [0.3, 0.4) is 0 Å². The molecule has 0 amide bonds. The largest absolute Gasteiger partial charge is 0.251 e. The molecular weight excluding hydrogens is 512 g/mol. The van der Waals surface area contributed by atoms with Gasteiger partial charge in [0.15, 0.2) is 5.82 Å². The molecule has 2 aliphatic carbocycles. The molecule has 6 rings (SSSR count). The number of rotatable bonds is 5. The number of halogens is 2. The predicted octanol–water partition coefficient (Wildman–Crippen LogP) is 4.24. The van der Waals surface area contributed by atoms with Crippen LogP contribution in [0, 0.1) is 17.0 Å². The van der Waals surface area contributed by atoms with E-state index in [2.05, 4.69) is 43.7 Å². The Bertz CT molecular complexity index is 1680. The van der Waals surface area contributed by atoms with Crippen molar-refractivity contribution in [3.8, 4) is 22.6 Å². The van der Waals surface area contributed by atoms with Gasteiger partial charge in [0, 0.05) is 18.6 Å². The zero-order valence-corrected chi connectivity index (χ0v) is 21.6. The van der Waals surface area contributed by atoms with Gasteiger partial charge in [0.25, 0.3) is 0 Å². The standard InChI is InChI=1S/C26H23F2N7O2S/c1-25(2)16-7-9-26(25,22-15(16)11-19(33-34-22)21-17(27)5-4-6-18(21)28)20-8-10-29-23(32-20)14-12-30-24(31-13-14)35-38(3,36)37/h4-6,8,10-13,16H,7,9H2,1-3H3,(H,30,31,35)/t16-,26-/m0/s1. The lowest BCUT2D eigenvalue weighted by molar-refractivity contribution is 0.243. The maximum absolute atomic E-state index is 14.5. The lowest BCUT2D eigenvalue weighted by Crippen LogP contribution is -2.38. The third kappa shape index (κ3) is 3.57. The van der Waals surface area contributed by atoms with E-state index in [0.29, 0.717) is 11.4 Å². The predicted molar refractivity (Wildman–Crippen MR) is 135 cm³/mol. The molecule has 2 bridgehead atoms. The summed E-state index contributed by atoms with van der Waals surface area (Å²) < 4.78 is 54.2. The van der Waals surface area contributed by atoms with E-state index < -0.39 is 27.1 Å². The summed E-state index contributed by atoms with van der Waals surface area (Å²) in [7, 11) is -3.51. The highest BCUT2D eigenvalue weighted by molar-refractivity contribution is 7.91. The molecule has 0 radical (unpaired) electrons. The third-order valence-electron chi connectivity index (χ3n) is 7.88. The number of nitrogens with one attached hydrogen (secondary N) is 1. The molecule has 1 fully saturated rings. The van der Waals surface area contributed by atoms with Crippen LogP contribution in [-0.4, -0.2) is 44.8 Å². The first kappa shape index (κ1) is 24.4. The van der Waals surface area contributed by atoms with Crippen molar-refractivity contribution in [2.24, 2.45) is 5.41 Å². The average Bonchev–Trinajstić information content (AvgIpc) is 3.24. The lowest BCUT2D eigenvalue weighted by Gasteiger charge is -2.37. The highest BCUT2D eigenvalue weighted by atomic mass is 32.2. The number of hydrogen-bond donors (Lipinski definition) is 1. The normalized spacial score (nSPS) is 21.3. The van der Waals surface area contributed by atoms with Gasteiger partial charge in [-0.3, -0.25) is 4.72 Å². The number of anilines is 1. The van der Waals surface area contributed by atoms with E-state index in [9.17, 15) is 17.2 Å². The third-order valence-corrected chi connectivity index (χ3v) is 8.43. The van der Waals surface area contributed by atoms with E-state index in [1.54, 1.807) is 12.3 Å². The minimum absolute atomic E-state index is 0.0483. The average molecular weight is 536 g/mol. The van der Waals surface area contributed by atoms with Crippen molar-refractivity contribution < 1.29 is 17.2 Å². The van der Waals surface area contributed by atoms with Crippen LogP contribution in [-0.2, 0) is 15.4 Å². The first-order valence-corrected chi connectivity index (χ1v) is 13.9. The summed E-state index contributed by atoms with van der Waals surface area (Å²) in [5.74, 6) is -0.931. The molecule has 38 heavy (non-hydrogen) atoms. The Morgan fingerprint density at radius 2 is 1.74 bits per heavy atom. The van der Waals surface area contributed by atoms with Gasteiger partial charge in [-0.1, -0.05) is 19.9 Å². The molecule has 0 aliphatic heterocycles. The molecule has 1 N–H and O–H groups in total. The second kappa shape index (κ2) is 8.29. The van der Waals surface area contributed by atoms with Gasteiger partial charge in [-0.2, -0.15) is 5.10 Å². The van der Waals surface area contributed by atoms with Gasteiger partial charge in [0.2, 0.25) is 16.0 Å². The van der Waals surface area contributed by atoms with Crippen LogP contribution in [0.15, 0.2) is 48.9 Å². The van der Waals surface area contributed by atoms with Gasteiger partial charge in [0.05, 0.1) is 39.9 Å². The van der Waals surface area contributed by atoms with Crippen molar-refractivity contribution in [1.29, 1.82) is 0 Å². The highest BCUT2D eigenvalue weighted by Gasteiger charge is 2.65. The number of nitrogens with zero attached hydrogens (tertiary/aromatic N) is 6. The molecule has 4 aromatic rings. The van der Waals surface area contributed by atoms with Crippen LogP contribution in [0.25, 0.3) is 22.6 Å². The molecule has 0 spiro atoms. The SMILES string of the molecule is CC1(C)[C@H]2CC[C@]1(c1ccnc(-c3cnc(NS(C)(=O)=O)nc3)n1)c1nnc(-c3c(F)cccc3F)cc12. The number of sulfonamides is 1. The van der Waals surface area contributed by atoms with Crippen molar-refractivity contribution in [3.05, 3.63) is 77.5 Å². The summed E-state index contributed by atoms with van der Waals surface area (Å²) in [6.45, 7) is 4.32. The van der Waals surface area contributed by atoms with E-state index in [0.717, 1.165) is 36.0 Å². The molecule has 1 aromatic carbocycles. The molecule has 2 aliphatic rings. The Morgan fingerprint density at radius 3 is 2.42 bits per heavy atom. The summed E-state index contributed by atoms with van der Waals surface area (Å²) in [5, 5.41) is 8.83. The quantitative estimate of drug-likeness (QED) is 0.402. The lowest BCUT2D eigenvalue weighted by atomic mass is 9.66. The number of aromatic nitrogens is 6. The Labute approximate surface area is 217 Å². The fraction of sp³-hybridized carbons (Fsp3) is 0.308. The monoisotopic (exact) mass is 535 g/mol. The van der Waals surface area contributed by atoms with Crippen molar-refractivity contribution in [2.45, 2.75) is 38.0 Å². The molecule has 0 unspecified atom stereocenters. The fourth-order valence-corrected chi connectivity index (χ4v) is 6.59. The van der Waals surface area contributed by atoms with E-state index in [4.69, 9.17) is 4.98 Å². The minimum Gasteiger partial charge on any atom is -0.251 e. The zero-order valence-electron chi connectivity index (χ0n) is 20.8. The van der Waals surface area contributed by atoms with Crippen LogP contribution in [0.2, 0.25) is 0 Å². The van der Waals surface area contributed by atoms with Crippen LogP contribution in [0.5, 0.6) is 0 Å². The van der Waals surface area contributed by atoms with Crippen LogP contribution in [0.4, 0.5) is 14.7 Å². The Morgan fingerprint density at radius 1 is 1.03 bits per heavy atom. The van der Waals surface area contributed by atoms with Crippen LogP contribution < -0.4 is 4.72 Å². The maximum Gasteiger partial charge on any atom is 0.236 e. The van der Waals surface area contributed by atoms with Crippen LogP contribution >= 0.6 is 0 Å². The number of benzene rings is 1. The molecule has 3 heterocycles. The van der Waals surface area contributed by atoms with Gasteiger partial charge < -0.3 is 0 Å². The van der Waals surface area contributed by atoms with E-state index in [-0.39, 0.29) is 28.5 Å². The topological polar surface area (TPSA) is 124 Å². The van der Waals surface area contributed by atoms with Gasteiger partial charge in [-0.15, -0.1) is 5.10 Å². The van der Waals surface area contributed by atoms with Crippen molar-refractivity contribution in [3.63, 3.8) is 0 Å². The highest BCUT2D eigenvalue weighted by Crippen LogP contribution is 2.69. The number of hydrogen-bond acceptors (Lipinski definition) is 8. The van der Waals surface area contributed by atoms with Gasteiger partial charge in [-0.05, 0) is 54.0 Å². The molecule has 0 saturated heterocycles. The minimum atomic E-state index is -3.51. The summed E-state index contributed by atoms with van der Waals surface area (Å²) in [6, 6.07) is 7.36. The van der Waals surface area contributed by atoms with Crippen molar-refractivity contribution in [2.75, 3.05) is 11.0 Å². The zero-order chi connectivity index (χ0) is 26.9. The van der Waals surface area contributed by atoms with Crippen molar-refractivity contribution >= 4 is 16.0 Å². The first-order chi connectivity index (χ1) is 18.0.